The molecule has 0 aromatic heterocycles. The topological polar surface area (TPSA) is 55.8 Å². The van der Waals surface area contributed by atoms with Gasteiger partial charge in [-0.1, -0.05) is 13.0 Å². The molecule has 0 fully saturated rings. The van der Waals surface area contributed by atoms with Crippen LogP contribution < -0.4 is 9.47 Å². The average Bonchev–Trinajstić information content (AvgIpc) is 2.74. The highest BCUT2D eigenvalue weighted by Crippen LogP contribution is 2.41. The fourth-order valence-electron chi connectivity index (χ4n) is 1.94. The Morgan fingerprint density at radius 2 is 1.95 bits per heavy atom. The van der Waals surface area contributed by atoms with Gasteiger partial charge in [-0.2, -0.15) is 13.2 Å². The second-order valence-electron chi connectivity index (χ2n) is 4.26. The average molecular weight is 276 g/mol. The summed E-state index contributed by atoms with van der Waals surface area (Å²) in [6.45, 7) is 0.828. The summed E-state index contributed by atoms with van der Waals surface area (Å²) in [5, 5.41) is 9.04. The first-order valence-electron chi connectivity index (χ1n) is 5.50. The van der Waals surface area contributed by atoms with Crippen molar-refractivity contribution in [2.24, 2.45) is 5.92 Å². The molecule has 1 aliphatic rings. The number of carbonyl (C=O) groups is 1. The van der Waals surface area contributed by atoms with Crippen LogP contribution in [0.5, 0.6) is 11.5 Å². The fraction of sp³-hybridized carbons (Fsp3) is 0.417. The van der Waals surface area contributed by atoms with E-state index in [1.54, 1.807) is 0 Å². The minimum Gasteiger partial charge on any atom is -0.481 e. The van der Waals surface area contributed by atoms with Gasteiger partial charge in [-0.3, -0.25) is 4.79 Å². The molecule has 0 saturated carbocycles. The van der Waals surface area contributed by atoms with Crippen molar-refractivity contribution < 1.29 is 32.5 Å². The third-order valence-electron chi connectivity index (χ3n) is 3.04. The van der Waals surface area contributed by atoms with Crippen LogP contribution in [0.1, 0.15) is 18.4 Å². The fourth-order valence-corrected chi connectivity index (χ4v) is 1.94. The van der Waals surface area contributed by atoms with E-state index in [0.717, 1.165) is 6.92 Å². The molecule has 4 nitrogen and oxygen atoms in total. The van der Waals surface area contributed by atoms with E-state index in [0.29, 0.717) is 5.75 Å². The van der Waals surface area contributed by atoms with Crippen molar-refractivity contribution >= 4 is 5.97 Å². The quantitative estimate of drug-likeness (QED) is 0.922. The molecular weight excluding hydrogens is 265 g/mol. The van der Waals surface area contributed by atoms with Crippen molar-refractivity contribution in [2.45, 2.75) is 19.0 Å². The van der Waals surface area contributed by atoms with Crippen LogP contribution in [0, 0.1) is 5.92 Å². The van der Waals surface area contributed by atoms with E-state index in [4.69, 9.17) is 14.6 Å². The summed E-state index contributed by atoms with van der Waals surface area (Å²) in [5.41, 5.74) is 0.0431. The number of halogens is 3. The molecule has 0 aliphatic carbocycles. The summed E-state index contributed by atoms with van der Waals surface area (Å²) in [4.78, 5) is 11.1. The Labute approximate surface area is 106 Å². The van der Waals surface area contributed by atoms with Gasteiger partial charge in [0.1, 0.15) is 0 Å². The largest absolute Gasteiger partial charge is 0.481 e. The Bertz CT molecular complexity index is 498. The van der Waals surface area contributed by atoms with Crippen molar-refractivity contribution in [1.29, 1.82) is 0 Å². The lowest BCUT2D eigenvalue weighted by Crippen LogP contribution is -2.31. The molecule has 2 atom stereocenters. The van der Waals surface area contributed by atoms with Crippen LogP contribution in [0.25, 0.3) is 0 Å². The summed E-state index contributed by atoms with van der Waals surface area (Å²) in [6, 6.07) is 4.01. The number of benzene rings is 1. The second kappa shape index (κ2) is 4.64. The van der Waals surface area contributed by atoms with E-state index in [1.807, 2.05) is 0 Å². The zero-order chi connectivity index (χ0) is 14.2. The number of hydrogen-bond acceptors (Lipinski definition) is 3. The van der Waals surface area contributed by atoms with E-state index < -0.39 is 24.0 Å². The Morgan fingerprint density at radius 3 is 2.53 bits per heavy atom. The van der Waals surface area contributed by atoms with Crippen LogP contribution >= 0.6 is 0 Å². The van der Waals surface area contributed by atoms with Gasteiger partial charge in [-0.05, 0) is 17.7 Å². The molecule has 1 aromatic rings. The molecule has 104 valence electrons. The van der Waals surface area contributed by atoms with E-state index in [2.05, 4.69) is 0 Å². The van der Waals surface area contributed by atoms with Crippen molar-refractivity contribution in [1.82, 2.24) is 0 Å². The number of rotatable bonds is 3. The number of carboxylic acid groups (broad SMARTS) is 1. The molecule has 0 bridgehead atoms. The zero-order valence-electron chi connectivity index (χ0n) is 9.90. The van der Waals surface area contributed by atoms with Gasteiger partial charge in [0.05, 0.1) is 11.8 Å². The molecule has 1 aliphatic heterocycles. The standard InChI is InChI=1S/C12H11F3O4/c1-6(12(13,14)15)10(11(16)17)7-2-3-8-9(4-7)19-5-18-8/h2-4,6,10H,5H2,1H3,(H,16,17)/t6-,10?/m1/s1. The van der Waals surface area contributed by atoms with E-state index in [9.17, 15) is 18.0 Å². The lowest BCUT2D eigenvalue weighted by molar-refractivity contribution is -0.183. The van der Waals surface area contributed by atoms with E-state index in [1.165, 1.54) is 18.2 Å². The predicted molar refractivity (Wildman–Crippen MR) is 58.2 cm³/mol. The number of carboxylic acids is 1. The first-order valence-corrected chi connectivity index (χ1v) is 5.50. The maximum atomic E-state index is 12.7. The lowest BCUT2D eigenvalue weighted by Gasteiger charge is -2.23. The second-order valence-corrected chi connectivity index (χ2v) is 4.26. The molecule has 19 heavy (non-hydrogen) atoms. The van der Waals surface area contributed by atoms with Gasteiger partial charge < -0.3 is 14.6 Å². The van der Waals surface area contributed by atoms with Crippen LogP contribution in [0.15, 0.2) is 18.2 Å². The Morgan fingerprint density at radius 1 is 1.32 bits per heavy atom. The summed E-state index contributed by atoms with van der Waals surface area (Å²) in [6.07, 6.45) is -4.58. The first kappa shape index (κ1) is 13.5. The molecule has 7 heteroatoms. The third kappa shape index (κ3) is 2.59. The van der Waals surface area contributed by atoms with Crippen LogP contribution in [-0.4, -0.2) is 24.0 Å². The predicted octanol–water partition coefficient (Wildman–Crippen LogP) is 2.78. The molecule has 0 spiro atoms. The minimum absolute atomic E-state index is 0.0225. The molecule has 0 amide bonds. The number of alkyl halides is 3. The first-order chi connectivity index (χ1) is 8.80. The smallest absolute Gasteiger partial charge is 0.392 e. The normalized spacial score (nSPS) is 17.1. The SMILES string of the molecule is C[C@H](C(C(=O)O)c1ccc2c(c1)OCO2)C(F)(F)F. The Balaban J connectivity index is 2.37. The molecule has 1 heterocycles. The van der Waals surface area contributed by atoms with Crippen LogP contribution in [0.4, 0.5) is 13.2 Å². The Hall–Kier alpha value is -1.92. The van der Waals surface area contributed by atoms with E-state index in [-0.39, 0.29) is 18.1 Å². The molecule has 1 unspecified atom stereocenters. The molecule has 1 aromatic carbocycles. The number of hydrogen-bond donors (Lipinski definition) is 1. The highest BCUT2D eigenvalue weighted by Gasteiger charge is 2.45. The Kier molecular flexibility index (Phi) is 3.30. The van der Waals surface area contributed by atoms with Gasteiger partial charge in [-0.25, -0.2) is 0 Å². The van der Waals surface area contributed by atoms with Gasteiger partial charge in [0.15, 0.2) is 11.5 Å². The van der Waals surface area contributed by atoms with Gasteiger partial charge >= 0.3 is 12.1 Å². The molecule has 1 N–H and O–H groups in total. The minimum atomic E-state index is -4.58. The van der Waals surface area contributed by atoms with Crippen molar-refractivity contribution in [3.05, 3.63) is 23.8 Å². The highest BCUT2D eigenvalue weighted by atomic mass is 19.4. The highest BCUT2D eigenvalue weighted by molar-refractivity contribution is 5.77. The summed E-state index contributed by atoms with van der Waals surface area (Å²) < 4.78 is 48.2. The number of fused-ring (bicyclic) bond motifs is 1. The zero-order valence-corrected chi connectivity index (χ0v) is 9.90. The summed E-state index contributed by atoms with van der Waals surface area (Å²) in [5.74, 6) is -4.53. The van der Waals surface area contributed by atoms with Crippen molar-refractivity contribution in [3.63, 3.8) is 0 Å². The van der Waals surface area contributed by atoms with Gasteiger partial charge in [0.2, 0.25) is 6.79 Å². The van der Waals surface area contributed by atoms with Crippen molar-refractivity contribution in [2.75, 3.05) is 6.79 Å². The lowest BCUT2D eigenvalue weighted by atomic mass is 9.86. The van der Waals surface area contributed by atoms with Gasteiger partial charge in [0.25, 0.3) is 0 Å². The van der Waals surface area contributed by atoms with Crippen LogP contribution in [0.2, 0.25) is 0 Å². The van der Waals surface area contributed by atoms with Gasteiger partial charge in [0, 0.05) is 0 Å². The van der Waals surface area contributed by atoms with Gasteiger partial charge in [-0.15, -0.1) is 0 Å². The third-order valence-corrected chi connectivity index (χ3v) is 3.04. The monoisotopic (exact) mass is 276 g/mol. The van der Waals surface area contributed by atoms with Crippen molar-refractivity contribution in [3.8, 4) is 11.5 Å². The van der Waals surface area contributed by atoms with E-state index >= 15 is 0 Å². The molecule has 0 radical (unpaired) electrons. The maximum absolute atomic E-state index is 12.7. The molecule has 0 saturated heterocycles. The summed E-state index contributed by atoms with van der Waals surface area (Å²) in [7, 11) is 0. The number of ether oxygens (including phenoxy) is 2. The summed E-state index contributed by atoms with van der Waals surface area (Å²) >= 11 is 0. The maximum Gasteiger partial charge on any atom is 0.392 e. The number of aliphatic carboxylic acids is 1. The van der Waals surface area contributed by atoms with Crippen LogP contribution in [0.3, 0.4) is 0 Å². The van der Waals surface area contributed by atoms with Crippen LogP contribution in [-0.2, 0) is 4.79 Å². The molecule has 2 rings (SSSR count). The molecular formula is C12H11F3O4.